The number of aryl methyl sites for hydroxylation is 1. The Morgan fingerprint density at radius 1 is 1.59 bits per heavy atom. The Bertz CT molecular complexity index is 385. The number of nitrogens with one attached hydrogen (secondary N) is 2. The molecule has 1 saturated carbocycles. The van der Waals surface area contributed by atoms with E-state index in [1.54, 1.807) is 12.3 Å². The molecule has 0 bridgehead atoms. The first kappa shape index (κ1) is 12.1. The average Bonchev–Trinajstić information content (AvgIpc) is 3.04. The van der Waals surface area contributed by atoms with Gasteiger partial charge in [-0.2, -0.15) is 0 Å². The first-order valence-corrected chi connectivity index (χ1v) is 5.97. The van der Waals surface area contributed by atoms with Crippen molar-refractivity contribution in [2.45, 2.75) is 25.0 Å². The highest BCUT2D eigenvalue weighted by molar-refractivity contribution is 5.93. The van der Waals surface area contributed by atoms with Gasteiger partial charge in [0.25, 0.3) is 5.91 Å². The van der Waals surface area contributed by atoms with E-state index in [1.807, 2.05) is 17.8 Å². The second-order valence-corrected chi connectivity index (χ2v) is 4.61. The number of aliphatic hydroxyl groups excluding tert-OH is 1. The first-order valence-electron chi connectivity index (χ1n) is 5.97. The minimum Gasteiger partial charge on any atom is -0.390 e. The topological polar surface area (TPSA) is 66.3 Å². The number of rotatable bonds is 6. The minimum absolute atomic E-state index is 0.143. The van der Waals surface area contributed by atoms with Crippen LogP contribution in [-0.2, 0) is 7.05 Å². The molecule has 1 heterocycles. The van der Waals surface area contributed by atoms with Crippen LogP contribution in [0.3, 0.4) is 0 Å². The maximum atomic E-state index is 11.7. The second kappa shape index (κ2) is 5.33. The van der Waals surface area contributed by atoms with E-state index in [4.69, 9.17) is 0 Å². The van der Waals surface area contributed by atoms with Crippen LogP contribution >= 0.6 is 0 Å². The van der Waals surface area contributed by atoms with Gasteiger partial charge in [-0.15, -0.1) is 0 Å². The molecular formula is C12H19N3O2. The molecule has 1 amide bonds. The molecule has 0 spiro atoms. The van der Waals surface area contributed by atoms with Gasteiger partial charge < -0.3 is 20.3 Å². The highest BCUT2D eigenvalue weighted by Gasteiger charge is 2.21. The standard InChI is InChI=1S/C12H19N3O2/c1-15-5-4-9(8-15)12(17)14-7-11(16)6-13-10-2-3-10/h4-5,8,10-11,13,16H,2-3,6-7H2,1H3,(H,14,17). The lowest BCUT2D eigenvalue weighted by Crippen LogP contribution is -2.38. The van der Waals surface area contributed by atoms with E-state index in [-0.39, 0.29) is 12.5 Å². The maximum absolute atomic E-state index is 11.7. The van der Waals surface area contributed by atoms with Gasteiger partial charge in [-0.1, -0.05) is 0 Å². The van der Waals surface area contributed by atoms with Crippen molar-refractivity contribution < 1.29 is 9.90 Å². The Kier molecular flexibility index (Phi) is 3.81. The summed E-state index contributed by atoms with van der Waals surface area (Å²) in [5.41, 5.74) is 0.620. The Labute approximate surface area is 101 Å². The van der Waals surface area contributed by atoms with E-state index in [9.17, 15) is 9.90 Å². The highest BCUT2D eigenvalue weighted by atomic mass is 16.3. The molecule has 1 unspecified atom stereocenters. The predicted octanol–water partition coefficient (Wildman–Crippen LogP) is -0.132. The second-order valence-electron chi connectivity index (χ2n) is 4.61. The van der Waals surface area contributed by atoms with Gasteiger partial charge in [0, 0.05) is 38.6 Å². The van der Waals surface area contributed by atoms with Gasteiger partial charge >= 0.3 is 0 Å². The van der Waals surface area contributed by atoms with E-state index in [0.29, 0.717) is 18.2 Å². The van der Waals surface area contributed by atoms with Crippen LogP contribution in [0.1, 0.15) is 23.2 Å². The maximum Gasteiger partial charge on any atom is 0.252 e. The fourth-order valence-corrected chi connectivity index (χ4v) is 1.61. The zero-order valence-corrected chi connectivity index (χ0v) is 10.0. The van der Waals surface area contributed by atoms with Gasteiger partial charge in [-0.25, -0.2) is 0 Å². The van der Waals surface area contributed by atoms with Crippen molar-refractivity contribution in [2.24, 2.45) is 7.05 Å². The molecule has 17 heavy (non-hydrogen) atoms. The Hall–Kier alpha value is -1.33. The highest BCUT2D eigenvalue weighted by Crippen LogP contribution is 2.18. The van der Waals surface area contributed by atoms with E-state index in [0.717, 1.165) is 0 Å². The fraction of sp³-hybridized carbons (Fsp3) is 0.583. The van der Waals surface area contributed by atoms with E-state index in [1.165, 1.54) is 12.8 Å². The van der Waals surface area contributed by atoms with Crippen LogP contribution in [0.5, 0.6) is 0 Å². The van der Waals surface area contributed by atoms with Gasteiger partial charge in [0.15, 0.2) is 0 Å². The lowest BCUT2D eigenvalue weighted by molar-refractivity contribution is 0.0915. The Balaban J connectivity index is 1.67. The van der Waals surface area contributed by atoms with Gasteiger partial charge in [0.2, 0.25) is 0 Å². The molecule has 3 N–H and O–H groups in total. The molecular weight excluding hydrogens is 218 g/mol. The summed E-state index contributed by atoms with van der Waals surface area (Å²) in [6.07, 6.45) is 5.44. The number of aromatic nitrogens is 1. The van der Waals surface area contributed by atoms with Gasteiger partial charge in [-0.05, 0) is 18.9 Å². The van der Waals surface area contributed by atoms with Crippen LogP contribution in [-0.4, -0.2) is 40.8 Å². The SMILES string of the molecule is Cn1ccc(C(=O)NCC(O)CNC2CC2)c1. The summed E-state index contributed by atoms with van der Waals surface area (Å²) < 4.78 is 1.82. The van der Waals surface area contributed by atoms with Crippen LogP contribution < -0.4 is 10.6 Å². The minimum atomic E-state index is -0.525. The van der Waals surface area contributed by atoms with Crippen molar-refractivity contribution in [3.63, 3.8) is 0 Å². The third-order valence-corrected chi connectivity index (χ3v) is 2.81. The summed E-state index contributed by atoms with van der Waals surface area (Å²) in [6, 6.07) is 2.33. The Morgan fingerprint density at radius 2 is 2.35 bits per heavy atom. The molecule has 0 aromatic carbocycles. The number of carbonyl (C=O) groups excluding carboxylic acids is 1. The molecule has 5 heteroatoms. The van der Waals surface area contributed by atoms with Gasteiger partial charge in [0.1, 0.15) is 0 Å². The number of nitrogens with zero attached hydrogens (tertiary/aromatic N) is 1. The summed E-state index contributed by atoms with van der Waals surface area (Å²) in [6.45, 7) is 0.827. The van der Waals surface area contributed by atoms with Gasteiger partial charge in [-0.3, -0.25) is 4.79 Å². The average molecular weight is 237 g/mol. The van der Waals surface area contributed by atoms with Crippen LogP contribution in [0.15, 0.2) is 18.5 Å². The van der Waals surface area contributed by atoms with Crippen molar-refractivity contribution in [1.29, 1.82) is 0 Å². The smallest absolute Gasteiger partial charge is 0.252 e. The van der Waals surface area contributed by atoms with E-state index >= 15 is 0 Å². The summed E-state index contributed by atoms with van der Waals surface area (Å²) in [5, 5.41) is 15.6. The third-order valence-electron chi connectivity index (χ3n) is 2.81. The number of aliphatic hydroxyl groups is 1. The zero-order chi connectivity index (χ0) is 12.3. The van der Waals surface area contributed by atoms with Gasteiger partial charge in [0.05, 0.1) is 11.7 Å². The molecule has 1 aromatic rings. The molecule has 1 fully saturated rings. The quantitative estimate of drug-likeness (QED) is 0.645. The molecule has 0 aliphatic heterocycles. The lowest BCUT2D eigenvalue weighted by Gasteiger charge is -2.12. The van der Waals surface area contributed by atoms with Crippen LogP contribution in [0.2, 0.25) is 0 Å². The molecule has 0 saturated heterocycles. The van der Waals surface area contributed by atoms with E-state index < -0.39 is 6.10 Å². The van der Waals surface area contributed by atoms with Crippen molar-refractivity contribution in [1.82, 2.24) is 15.2 Å². The molecule has 0 radical (unpaired) electrons. The van der Waals surface area contributed by atoms with Crippen molar-refractivity contribution in [3.8, 4) is 0 Å². The van der Waals surface area contributed by atoms with Crippen LogP contribution in [0.4, 0.5) is 0 Å². The summed E-state index contributed by atoms with van der Waals surface area (Å²) in [7, 11) is 1.87. The number of hydrogen-bond donors (Lipinski definition) is 3. The molecule has 2 rings (SSSR count). The number of carbonyl (C=O) groups is 1. The molecule has 1 aromatic heterocycles. The largest absolute Gasteiger partial charge is 0.390 e. The number of amides is 1. The molecule has 94 valence electrons. The number of hydrogen-bond acceptors (Lipinski definition) is 3. The first-order chi connectivity index (χ1) is 8.15. The van der Waals surface area contributed by atoms with Crippen molar-refractivity contribution >= 4 is 5.91 Å². The summed E-state index contributed by atoms with van der Waals surface area (Å²) in [4.78, 5) is 11.7. The Morgan fingerprint density at radius 3 is 2.94 bits per heavy atom. The molecule has 1 atom stereocenters. The van der Waals surface area contributed by atoms with E-state index in [2.05, 4.69) is 10.6 Å². The summed E-state index contributed by atoms with van der Waals surface area (Å²) in [5.74, 6) is -0.143. The molecule has 5 nitrogen and oxygen atoms in total. The van der Waals surface area contributed by atoms with Crippen LogP contribution in [0, 0.1) is 0 Å². The van der Waals surface area contributed by atoms with Crippen LogP contribution in [0.25, 0.3) is 0 Å². The van der Waals surface area contributed by atoms with Crippen molar-refractivity contribution in [2.75, 3.05) is 13.1 Å². The third kappa shape index (κ3) is 3.87. The lowest BCUT2D eigenvalue weighted by atomic mass is 10.3. The normalized spacial score (nSPS) is 16.8. The molecule has 1 aliphatic carbocycles. The zero-order valence-electron chi connectivity index (χ0n) is 10.0. The van der Waals surface area contributed by atoms with Crippen molar-refractivity contribution in [3.05, 3.63) is 24.0 Å². The predicted molar refractivity (Wildman–Crippen MR) is 64.8 cm³/mol. The molecule has 1 aliphatic rings. The summed E-state index contributed by atoms with van der Waals surface area (Å²) >= 11 is 0. The fourth-order valence-electron chi connectivity index (χ4n) is 1.61. The monoisotopic (exact) mass is 237 g/mol.